The number of benzene rings is 1. The molecule has 0 saturated heterocycles. The largest absolute Gasteiger partial charge is 0.481 e. The topological polar surface area (TPSA) is 55.1 Å². The lowest BCUT2D eigenvalue weighted by atomic mass is 10.0. The quantitative estimate of drug-likeness (QED) is 0.802. The Balaban J connectivity index is 2.37. The minimum atomic E-state index is -0.816. The molecule has 0 aliphatic carbocycles. The Hall–Kier alpha value is -1.52. The van der Waals surface area contributed by atoms with Crippen molar-refractivity contribution in [1.82, 2.24) is 9.78 Å². The van der Waals surface area contributed by atoms with Crippen LogP contribution in [0.4, 0.5) is 0 Å². The maximum absolute atomic E-state index is 10.8. The van der Waals surface area contributed by atoms with E-state index in [-0.39, 0.29) is 6.42 Å². The first kappa shape index (κ1) is 17.8. The monoisotopic (exact) mass is 354 g/mol. The number of aryl methyl sites for hydroxylation is 2. The van der Waals surface area contributed by atoms with E-state index in [0.717, 1.165) is 35.4 Å². The molecule has 1 N–H and O–H groups in total. The highest BCUT2D eigenvalue weighted by atomic mass is 35.5. The van der Waals surface area contributed by atoms with Crippen LogP contribution in [0.1, 0.15) is 42.8 Å². The second kappa shape index (κ2) is 7.84. The third-order valence-corrected chi connectivity index (χ3v) is 4.20. The molecule has 124 valence electrons. The molecule has 0 unspecified atom stereocenters. The van der Waals surface area contributed by atoms with Gasteiger partial charge < -0.3 is 5.11 Å². The smallest absolute Gasteiger partial charge is 0.305 e. The van der Waals surface area contributed by atoms with Crippen molar-refractivity contribution in [2.45, 2.75) is 46.1 Å². The maximum Gasteiger partial charge on any atom is 0.305 e. The van der Waals surface area contributed by atoms with Gasteiger partial charge in [0.2, 0.25) is 0 Å². The van der Waals surface area contributed by atoms with Gasteiger partial charge in [0.25, 0.3) is 0 Å². The van der Waals surface area contributed by atoms with Gasteiger partial charge in [0.05, 0.1) is 18.7 Å². The van der Waals surface area contributed by atoms with E-state index in [1.807, 2.05) is 16.8 Å². The first-order valence-corrected chi connectivity index (χ1v) is 8.44. The van der Waals surface area contributed by atoms with Crippen molar-refractivity contribution < 1.29 is 9.90 Å². The molecule has 1 aromatic heterocycles. The van der Waals surface area contributed by atoms with Crippen LogP contribution in [0.3, 0.4) is 0 Å². The molecule has 4 nitrogen and oxygen atoms in total. The van der Waals surface area contributed by atoms with Gasteiger partial charge in [0.1, 0.15) is 0 Å². The van der Waals surface area contributed by atoms with E-state index in [1.165, 1.54) is 0 Å². The van der Waals surface area contributed by atoms with E-state index in [0.29, 0.717) is 23.0 Å². The average Bonchev–Trinajstić information content (AvgIpc) is 2.80. The number of nitrogens with zero attached hydrogens (tertiary/aromatic N) is 2. The highest BCUT2D eigenvalue weighted by molar-refractivity contribution is 6.34. The summed E-state index contributed by atoms with van der Waals surface area (Å²) in [5.41, 5.74) is 4.27. The van der Waals surface area contributed by atoms with Gasteiger partial charge in [-0.05, 0) is 36.6 Å². The fraction of sp³-hybridized carbons (Fsp3) is 0.412. The predicted octanol–water partition coefficient (Wildman–Crippen LogP) is 4.38. The first-order valence-electron chi connectivity index (χ1n) is 7.68. The number of carbonyl (C=O) groups is 1. The lowest BCUT2D eigenvalue weighted by Crippen LogP contribution is -2.09. The molecule has 0 amide bonds. The van der Waals surface area contributed by atoms with Gasteiger partial charge in [0, 0.05) is 27.7 Å². The number of rotatable bonds is 7. The Labute approximate surface area is 146 Å². The molecular formula is C17H20Cl2N2O2. The molecule has 0 fully saturated rings. The number of hydrogen-bond donors (Lipinski definition) is 1. The minimum Gasteiger partial charge on any atom is -0.481 e. The van der Waals surface area contributed by atoms with Crippen molar-refractivity contribution in [3.05, 3.63) is 50.8 Å². The van der Waals surface area contributed by atoms with Gasteiger partial charge in [-0.3, -0.25) is 9.48 Å². The Kier molecular flexibility index (Phi) is 6.08. The summed E-state index contributed by atoms with van der Waals surface area (Å²) in [6, 6.07) is 5.52. The molecule has 6 heteroatoms. The summed E-state index contributed by atoms with van der Waals surface area (Å²) < 4.78 is 1.83. The molecular weight excluding hydrogens is 335 g/mol. The summed E-state index contributed by atoms with van der Waals surface area (Å²) in [7, 11) is 0. The minimum absolute atomic E-state index is 0.0697. The lowest BCUT2D eigenvalue weighted by molar-refractivity contribution is -0.137. The molecule has 0 bridgehead atoms. The van der Waals surface area contributed by atoms with Crippen LogP contribution in [0, 0.1) is 0 Å². The number of aromatic nitrogens is 2. The van der Waals surface area contributed by atoms with Crippen molar-refractivity contribution in [1.29, 1.82) is 0 Å². The molecule has 0 aliphatic heterocycles. The summed E-state index contributed by atoms with van der Waals surface area (Å²) in [5.74, 6) is -0.816. The van der Waals surface area contributed by atoms with Crippen LogP contribution in [0.2, 0.25) is 10.0 Å². The predicted molar refractivity (Wildman–Crippen MR) is 92.5 cm³/mol. The van der Waals surface area contributed by atoms with Crippen LogP contribution in [0.15, 0.2) is 18.2 Å². The van der Waals surface area contributed by atoms with Gasteiger partial charge >= 0.3 is 5.97 Å². The third-order valence-electron chi connectivity index (χ3n) is 3.76. The van der Waals surface area contributed by atoms with E-state index in [4.69, 9.17) is 28.3 Å². The summed E-state index contributed by atoms with van der Waals surface area (Å²) in [5, 5.41) is 14.7. The van der Waals surface area contributed by atoms with Crippen LogP contribution < -0.4 is 0 Å². The molecule has 1 aromatic carbocycles. The van der Waals surface area contributed by atoms with Crippen molar-refractivity contribution >= 4 is 29.2 Å². The number of carboxylic acid groups (broad SMARTS) is 1. The molecule has 0 aliphatic rings. The second-order valence-electron chi connectivity index (χ2n) is 5.40. The van der Waals surface area contributed by atoms with E-state index in [2.05, 4.69) is 18.9 Å². The summed E-state index contributed by atoms with van der Waals surface area (Å²) in [6.45, 7) is 4.50. The van der Waals surface area contributed by atoms with Gasteiger partial charge in [-0.1, -0.05) is 37.0 Å². The van der Waals surface area contributed by atoms with Gasteiger partial charge in [-0.25, -0.2) is 0 Å². The summed E-state index contributed by atoms with van der Waals surface area (Å²) >= 11 is 12.2. The third kappa shape index (κ3) is 4.49. The van der Waals surface area contributed by atoms with Crippen LogP contribution in [0.5, 0.6) is 0 Å². The van der Waals surface area contributed by atoms with Crippen molar-refractivity contribution in [2.75, 3.05) is 0 Å². The van der Waals surface area contributed by atoms with Gasteiger partial charge in [-0.2, -0.15) is 5.10 Å². The number of hydrogen-bond acceptors (Lipinski definition) is 2. The number of aliphatic carboxylic acids is 1. The lowest BCUT2D eigenvalue weighted by Gasteiger charge is -2.08. The molecule has 1 heterocycles. The fourth-order valence-corrected chi connectivity index (χ4v) is 3.35. The Morgan fingerprint density at radius 1 is 1.17 bits per heavy atom. The molecule has 0 saturated carbocycles. The van der Waals surface area contributed by atoms with Crippen LogP contribution in [-0.4, -0.2) is 20.9 Å². The van der Waals surface area contributed by atoms with E-state index < -0.39 is 5.97 Å². The van der Waals surface area contributed by atoms with Crippen LogP contribution in [0.25, 0.3) is 0 Å². The van der Waals surface area contributed by atoms with Gasteiger partial charge in [0.15, 0.2) is 0 Å². The normalized spacial score (nSPS) is 11.0. The summed E-state index contributed by atoms with van der Waals surface area (Å²) in [4.78, 5) is 10.8. The average molecular weight is 355 g/mol. The maximum atomic E-state index is 10.8. The van der Waals surface area contributed by atoms with Crippen LogP contribution in [-0.2, 0) is 30.6 Å². The van der Waals surface area contributed by atoms with E-state index >= 15 is 0 Å². The number of halogens is 2. The van der Waals surface area contributed by atoms with E-state index in [1.54, 1.807) is 6.07 Å². The molecule has 0 atom stereocenters. The van der Waals surface area contributed by atoms with E-state index in [9.17, 15) is 4.79 Å². The highest BCUT2D eigenvalue weighted by Crippen LogP contribution is 2.25. The fourth-order valence-electron chi connectivity index (χ4n) is 2.78. The first-order chi connectivity index (χ1) is 10.9. The second-order valence-corrected chi connectivity index (χ2v) is 6.27. The number of carboxylic acids is 1. The van der Waals surface area contributed by atoms with Crippen molar-refractivity contribution in [2.24, 2.45) is 0 Å². The zero-order valence-electron chi connectivity index (χ0n) is 13.3. The Morgan fingerprint density at radius 3 is 2.35 bits per heavy atom. The standard InChI is InChI=1S/C17H20Cl2N2O2/c1-3-15-14(9-11-7-12(18)10-13(19)8-11)16(4-2)21(20-15)6-5-17(22)23/h7-8,10H,3-6,9H2,1-2H3,(H,22,23). The molecule has 2 aromatic rings. The highest BCUT2D eigenvalue weighted by Gasteiger charge is 2.16. The molecule has 0 radical (unpaired) electrons. The Bertz CT molecular complexity index is 691. The summed E-state index contributed by atoms with van der Waals surface area (Å²) in [6.07, 6.45) is 2.37. The molecule has 23 heavy (non-hydrogen) atoms. The van der Waals surface area contributed by atoms with Crippen molar-refractivity contribution in [3.8, 4) is 0 Å². The zero-order chi connectivity index (χ0) is 17.0. The SMILES string of the molecule is CCc1nn(CCC(=O)O)c(CC)c1Cc1cc(Cl)cc(Cl)c1. The van der Waals surface area contributed by atoms with Crippen LogP contribution >= 0.6 is 23.2 Å². The molecule has 0 spiro atoms. The zero-order valence-corrected chi connectivity index (χ0v) is 14.8. The van der Waals surface area contributed by atoms with Crippen molar-refractivity contribution in [3.63, 3.8) is 0 Å². The Morgan fingerprint density at radius 2 is 1.83 bits per heavy atom. The van der Waals surface area contributed by atoms with Gasteiger partial charge in [-0.15, -0.1) is 0 Å². The molecule has 2 rings (SSSR count).